The summed E-state index contributed by atoms with van der Waals surface area (Å²) >= 11 is 0. The summed E-state index contributed by atoms with van der Waals surface area (Å²) < 4.78 is 5.43. The van der Waals surface area contributed by atoms with Crippen molar-refractivity contribution in [2.45, 2.75) is 0 Å². The number of amides is 1. The van der Waals surface area contributed by atoms with Crippen LogP contribution in [-0.4, -0.2) is 13.0 Å². The van der Waals surface area contributed by atoms with Gasteiger partial charge in [0, 0.05) is 29.6 Å². The Hall–Kier alpha value is -3.92. The molecule has 140 valence electrons. The molecule has 0 spiro atoms. The Kier molecular flexibility index (Phi) is 3.91. The molecule has 0 N–H and O–H groups in total. The highest BCUT2D eigenvalue weighted by Gasteiger charge is 2.28. The molecule has 0 saturated carbocycles. The highest BCUT2D eigenvalue weighted by molar-refractivity contribution is 6.18. The number of anilines is 1. The molecule has 2 heterocycles. The van der Waals surface area contributed by atoms with Crippen LogP contribution in [0.2, 0.25) is 0 Å². The molecule has 29 heavy (non-hydrogen) atoms. The lowest BCUT2D eigenvalue weighted by molar-refractivity contribution is 0.0993. The van der Waals surface area contributed by atoms with E-state index in [2.05, 4.69) is 6.08 Å². The molecule has 1 aliphatic heterocycles. The topological polar surface area (TPSA) is 50.5 Å². The number of benzene rings is 3. The van der Waals surface area contributed by atoms with Gasteiger partial charge in [0.25, 0.3) is 5.91 Å². The van der Waals surface area contributed by atoms with Crippen LogP contribution in [0, 0.1) is 0 Å². The standard InChI is InChI=1S/C25H17NO3/c1-26-21-12-13-22-19(11-14-23(27)29-22)24(21)20(15-16-7-3-2-4-8-16)17-9-5-6-10-18(17)25(26)28/h2-15H,1H3/b20-15-. The van der Waals surface area contributed by atoms with Crippen LogP contribution in [0.25, 0.3) is 22.6 Å². The van der Waals surface area contributed by atoms with E-state index in [4.69, 9.17) is 4.42 Å². The van der Waals surface area contributed by atoms with Crippen molar-refractivity contribution in [1.82, 2.24) is 0 Å². The molecule has 0 unspecified atom stereocenters. The van der Waals surface area contributed by atoms with Gasteiger partial charge < -0.3 is 9.32 Å². The summed E-state index contributed by atoms with van der Waals surface area (Å²) in [6.45, 7) is 0. The molecule has 4 aromatic rings. The fourth-order valence-electron chi connectivity index (χ4n) is 3.89. The third-order valence-electron chi connectivity index (χ3n) is 5.27. The van der Waals surface area contributed by atoms with E-state index in [1.807, 2.05) is 60.7 Å². The molecule has 4 heteroatoms. The van der Waals surface area contributed by atoms with E-state index < -0.39 is 5.63 Å². The van der Waals surface area contributed by atoms with Crippen LogP contribution in [0.1, 0.15) is 27.0 Å². The number of carbonyl (C=O) groups excluding carboxylic acids is 1. The highest BCUT2D eigenvalue weighted by Crippen LogP contribution is 2.42. The summed E-state index contributed by atoms with van der Waals surface area (Å²) in [7, 11) is 1.77. The minimum absolute atomic E-state index is 0.0740. The second kappa shape index (κ2) is 6.60. The second-order valence-corrected chi connectivity index (χ2v) is 7.00. The Bertz CT molecular complexity index is 1350. The summed E-state index contributed by atoms with van der Waals surface area (Å²) in [6, 6.07) is 24.4. The summed E-state index contributed by atoms with van der Waals surface area (Å²) in [5, 5.41) is 0.792. The smallest absolute Gasteiger partial charge is 0.336 e. The Morgan fingerprint density at radius 2 is 1.52 bits per heavy atom. The first-order chi connectivity index (χ1) is 14.1. The lowest BCUT2D eigenvalue weighted by Gasteiger charge is -2.19. The van der Waals surface area contributed by atoms with Crippen molar-refractivity contribution in [1.29, 1.82) is 0 Å². The molecule has 1 aromatic heterocycles. The monoisotopic (exact) mass is 379 g/mol. The number of fused-ring (bicyclic) bond motifs is 4. The van der Waals surface area contributed by atoms with Gasteiger partial charge in [0.15, 0.2) is 0 Å². The van der Waals surface area contributed by atoms with Crippen molar-refractivity contribution in [2.24, 2.45) is 0 Å². The van der Waals surface area contributed by atoms with E-state index in [1.165, 1.54) is 6.07 Å². The van der Waals surface area contributed by atoms with Crippen LogP contribution in [0.15, 0.2) is 88.1 Å². The predicted octanol–water partition coefficient (Wildman–Crippen LogP) is 4.97. The molecule has 5 rings (SSSR count). The lowest BCUT2D eigenvalue weighted by Crippen LogP contribution is -2.26. The minimum atomic E-state index is -0.399. The molecule has 0 bridgehead atoms. The summed E-state index contributed by atoms with van der Waals surface area (Å²) in [6.07, 6.45) is 2.08. The first-order valence-electron chi connectivity index (χ1n) is 9.35. The van der Waals surface area contributed by atoms with Gasteiger partial charge >= 0.3 is 5.63 Å². The van der Waals surface area contributed by atoms with Crippen LogP contribution >= 0.6 is 0 Å². The van der Waals surface area contributed by atoms with Crippen molar-refractivity contribution in [2.75, 3.05) is 11.9 Å². The molecule has 0 saturated heterocycles. The third kappa shape index (κ3) is 2.77. The van der Waals surface area contributed by atoms with E-state index in [-0.39, 0.29) is 5.91 Å². The number of rotatable bonds is 1. The van der Waals surface area contributed by atoms with Crippen LogP contribution in [-0.2, 0) is 0 Å². The van der Waals surface area contributed by atoms with Gasteiger partial charge in [0.1, 0.15) is 5.58 Å². The second-order valence-electron chi connectivity index (χ2n) is 7.00. The number of hydrogen-bond acceptors (Lipinski definition) is 3. The maximum Gasteiger partial charge on any atom is 0.336 e. The Morgan fingerprint density at radius 3 is 2.31 bits per heavy atom. The van der Waals surface area contributed by atoms with Gasteiger partial charge in [-0.3, -0.25) is 4.79 Å². The molecular formula is C25H17NO3. The Morgan fingerprint density at radius 1 is 0.793 bits per heavy atom. The van der Waals surface area contributed by atoms with Crippen molar-refractivity contribution in [3.63, 3.8) is 0 Å². The average Bonchev–Trinajstić information content (AvgIpc) is 2.84. The molecule has 1 amide bonds. The zero-order valence-corrected chi connectivity index (χ0v) is 15.8. The quantitative estimate of drug-likeness (QED) is 0.439. The predicted molar refractivity (Wildman–Crippen MR) is 115 cm³/mol. The van der Waals surface area contributed by atoms with Crippen LogP contribution in [0.3, 0.4) is 0 Å². The number of hydrogen-bond donors (Lipinski definition) is 0. The third-order valence-corrected chi connectivity index (χ3v) is 5.27. The van der Waals surface area contributed by atoms with E-state index >= 15 is 0 Å². The van der Waals surface area contributed by atoms with Crippen molar-refractivity contribution in [3.05, 3.63) is 112 Å². The van der Waals surface area contributed by atoms with Crippen molar-refractivity contribution in [3.8, 4) is 0 Å². The maximum atomic E-state index is 13.2. The molecule has 0 atom stereocenters. The van der Waals surface area contributed by atoms with E-state index in [1.54, 1.807) is 24.1 Å². The lowest BCUT2D eigenvalue weighted by atomic mass is 9.90. The summed E-state index contributed by atoms with van der Waals surface area (Å²) in [4.78, 5) is 26.6. The van der Waals surface area contributed by atoms with Gasteiger partial charge in [-0.1, -0.05) is 48.5 Å². The van der Waals surface area contributed by atoms with Gasteiger partial charge in [-0.2, -0.15) is 0 Å². The highest BCUT2D eigenvalue weighted by atomic mass is 16.4. The Labute approximate surface area is 167 Å². The van der Waals surface area contributed by atoms with Gasteiger partial charge in [0.05, 0.1) is 5.69 Å². The molecule has 1 aliphatic rings. The molecule has 0 aliphatic carbocycles. The van der Waals surface area contributed by atoms with Crippen LogP contribution in [0.4, 0.5) is 5.69 Å². The van der Waals surface area contributed by atoms with Gasteiger partial charge in [0.2, 0.25) is 0 Å². The fraction of sp³-hybridized carbons (Fsp3) is 0.0400. The molecular weight excluding hydrogens is 362 g/mol. The number of carbonyl (C=O) groups is 1. The average molecular weight is 379 g/mol. The van der Waals surface area contributed by atoms with Crippen LogP contribution in [0.5, 0.6) is 0 Å². The zero-order chi connectivity index (χ0) is 20.0. The fourth-order valence-corrected chi connectivity index (χ4v) is 3.89. The zero-order valence-electron chi connectivity index (χ0n) is 15.8. The first-order valence-corrected chi connectivity index (χ1v) is 9.35. The largest absolute Gasteiger partial charge is 0.423 e. The van der Waals surface area contributed by atoms with E-state index in [9.17, 15) is 9.59 Å². The SMILES string of the molecule is CN1C(=O)c2ccccc2/C(=C/c2ccccc2)c2c1ccc1oc(=O)ccc21. The van der Waals surface area contributed by atoms with E-state index in [0.29, 0.717) is 11.1 Å². The van der Waals surface area contributed by atoms with E-state index in [0.717, 1.165) is 33.3 Å². The molecule has 0 radical (unpaired) electrons. The normalized spacial score (nSPS) is 14.6. The van der Waals surface area contributed by atoms with Gasteiger partial charge in [-0.05, 0) is 47.0 Å². The first kappa shape index (κ1) is 17.2. The van der Waals surface area contributed by atoms with Gasteiger partial charge in [-0.15, -0.1) is 0 Å². The van der Waals surface area contributed by atoms with Crippen molar-refractivity contribution >= 4 is 34.2 Å². The minimum Gasteiger partial charge on any atom is -0.423 e. The van der Waals surface area contributed by atoms with Crippen LogP contribution < -0.4 is 10.5 Å². The number of nitrogens with zero attached hydrogens (tertiary/aromatic N) is 1. The molecule has 3 aromatic carbocycles. The molecule has 0 fully saturated rings. The van der Waals surface area contributed by atoms with Crippen molar-refractivity contribution < 1.29 is 9.21 Å². The Balaban J connectivity index is 1.95. The summed E-state index contributed by atoms with van der Waals surface area (Å²) in [5.41, 5.74) is 5.17. The van der Waals surface area contributed by atoms with Gasteiger partial charge in [-0.25, -0.2) is 4.79 Å². The molecule has 4 nitrogen and oxygen atoms in total. The maximum absolute atomic E-state index is 13.2. The summed E-state index contributed by atoms with van der Waals surface area (Å²) in [5.74, 6) is -0.0740.